The van der Waals surface area contributed by atoms with E-state index in [4.69, 9.17) is 0 Å². The summed E-state index contributed by atoms with van der Waals surface area (Å²) < 4.78 is 13.2. The Morgan fingerprint density at radius 3 is 2.16 bits per heavy atom. The van der Waals surface area contributed by atoms with E-state index in [1.54, 1.807) is 12.1 Å². The van der Waals surface area contributed by atoms with Crippen LogP contribution in [0.4, 0.5) is 20.6 Å². The molecule has 1 aliphatic rings. The summed E-state index contributed by atoms with van der Waals surface area (Å²) in [5.41, 5.74) is 2.37. The maximum Gasteiger partial charge on any atom is 0.319 e. The van der Waals surface area contributed by atoms with E-state index in [9.17, 15) is 9.18 Å². The molecule has 132 valence electrons. The largest absolute Gasteiger partial charge is 0.378 e. The first-order valence-electron chi connectivity index (χ1n) is 8.61. The third-order valence-electron chi connectivity index (χ3n) is 4.85. The van der Waals surface area contributed by atoms with Crippen LogP contribution >= 0.6 is 0 Å². The summed E-state index contributed by atoms with van der Waals surface area (Å²) in [4.78, 5) is 14.5. The van der Waals surface area contributed by atoms with Gasteiger partial charge in [-0.25, -0.2) is 9.18 Å². The number of benzene rings is 2. The van der Waals surface area contributed by atoms with Crippen molar-refractivity contribution in [3.8, 4) is 0 Å². The minimum atomic E-state index is -0.415. The molecule has 3 rings (SSSR count). The van der Waals surface area contributed by atoms with Gasteiger partial charge in [-0.15, -0.1) is 0 Å². The molecule has 1 aliphatic carbocycles. The zero-order chi connectivity index (χ0) is 17.9. The van der Waals surface area contributed by atoms with Crippen LogP contribution in [0.15, 0.2) is 48.5 Å². The Labute approximate surface area is 148 Å². The molecule has 0 aliphatic heterocycles. The zero-order valence-electron chi connectivity index (χ0n) is 14.7. The first kappa shape index (κ1) is 17.3. The molecule has 0 saturated heterocycles. The topological polar surface area (TPSA) is 44.4 Å². The van der Waals surface area contributed by atoms with Gasteiger partial charge in [0, 0.05) is 25.5 Å². The van der Waals surface area contributed by atoms with Crippen molar-refractivity contribution in [3.63, 3.8) is 0 Å². The predicted molar refractivity (Wildman–Crippen MR) is 99.5 cm³/mol. The van der Waals surface area contributed by atoms with Gasteiger partial charge in [-0.3, -0.25) is 0 Å². The zero-order valence-corrected chi connectivity index (χ0v) is 14.7. The van der Waals surface area contributed by atoms with Crippen LogP contribution < -0.4 is 15.5 Å². The summed E-state index contributed by atoms with van der Waals surface area (Å²) in [6.45, 7) is 0. The molecule has 0 aromatic heterocycles. The average molecular weight is 341 g/mol. The molecule has 2 N–H and O–H groups in total. The SMILES string of the molecule is CN(C)c1ccc(NC(=O)NC2(c3ccc(F)cc3)CCCC2)cc1. The Hall–Kier alpha value is -2.56. The number of amides is 2. The maximum absolute atomic E-state index is 13.2. The molecule has 0 bridgehead atoms. The van der Waals surface area contributed by atoms with Crippen molar-refractivity contribution < 1.29 is 9.18 Å². The molecular weight excluding hydrogens is 317 g/mol. The van der Waals surface area contributed by atoms with E-state index in [0.29, 0.717) is 0 Å². The fourth-order valence-corrected chi connectivity index (χ4v) is 3.46. The average Bonchev–Trinajstić information content (AvgIpc) is 3.05. The Balaban J connectivity index is 1.72. The summed E-state index contributed by atoms with van der Waals surface area (Å²) in [6, 6.07) is 13.9. The first-order chi connectivity index (χ1) is 12.0. The Morgan fingerprint density at radius 1 is 1.00 bits per heavy atom. The molecule has 0 heterocycles. The maximum atomic E-state index is 13.2. The highest BCUT2D eigenvalue weighted by molar-refractivity contribution is 5.90. The standard InChI is InChI=1S/C20H24FN3O/c1-24(2)18-11-9-17(10-12-18)22-19(25)23-20(13-3-4-14-20)15-5-7-16(21)8-6-15/h5-12H,3-4,13-14H2,1-2H3,(H2,22,23,25). The van der Waals surface area contributed by atoms with E-state index >= 15 is 0 Å². The van der Waals surface area contributed by atoms with E-state index in [-0.39, 0.29) is 11.8 Å². The van der Waals surface area contributed by atoms with Crippen molar-refractivity contribution in [1.82, 2.24) is 5.32 Å². The summed E-state index contributed by atoms with van der Waals surface area (Å²) >= 11 is 0. The third-order valence-corrected chi connectivity index (χ3v) is 4.85. The lowest BCUT2D eigenvalue weighted by molar-refractivity contribution is 0.236. The number of nitrogens with zero attached hydrogens (tertiary/aromatic N) is 1. The number of rotatable bonds is 4. The Kier molecular flexibility index (Phi) is 4.93. The van der Waals surface area contributed by atoms with Gasteiger partial charge in [-0.05, 0) is 54.8 Å². The predicted octanol–water partition coefficient (Wildman–Crippen LogP) is 4.48. The molecule has 5 heteroatoms. The van der Waals surface area contributed by atoms with Crippen molar-refractivity contribution in [2.24, 2.45) is 0 Å². The van der Waals surface area contributed by atoms with Gasteiger partial charge in [-0.2, -0.15) is 0 Å². The summed E-state index contributed by atoms with van der Waals surface area (Å²) in [5.74, 6) is -0.262. The molecule has 4 nitrogen and oxygen atoms in total. The first-order valence-corrected chi connectivity index (χ1v) is 8.61. The van der Waals surface area contributed by atoms with Crippen LogP contribution in [-0.2, 0) is 5.54 Å². The van der Waals surface area contributed by atoms with Gasteiger partial charge in [0.15, 0.2) is 0 Å². The van der Waals surface area contributed by atoms with Crippen molar-refractivity contribution in [2.75, 3.05) is 24.3 Å². The lowest BCUT2D eigenvalue weighted by Gasteiger charge is -2.31. The van der Waals surface area contributed by atoms with E-state index in [0.717, 1.165) is 42.6 Å². The number of anilines is 2. The van der Waals surface area contributed by atoms with Crippen LogP contribution in [0.1, 0.15) is 31.2 Å². The molecule has 1 saturated carbocycles. The summed E-state index contributed by atoms with van der Waals surface area (Å²) in [6.07, 6.45) is 3.83. The van der Waals surface area contributed by atoms with Gasteiger partial charge in [0.2, 0.25) is 0 Å². The van der Waals surface area contributed by atoms with Crippen LogP contribution in [-0.4, -0.2) is 20.1 Å². The monoisotopic (exact) mass is 341 g/mol. The second kappa shape index (κ2) is 7.13. The van der Waals surface area contributed by atoms with E-state index in [1.165, 1.54) is 12.1 Å². The van der Waals surface area contributed by atoms with Crippen LogP contribution in [0.3, 0.4) is 0 Å². The number of carbonyl (C=O) groups is 1. The van der Waals surface area contributed by atoms with Gasteiger partial charge in [0.1, 0.15) is 5.82 Å². The number of urea groups is 1. The van der Waals surface area contributed by atoms with E-state index < -0.39 is 5.54 Å². The fraction of sp³-hybridized carbons (Fsp3) is 0.350. The number of halogens is 1. The highest BCUT2D eigenvalue weighted by Crippen LogP contribution is 2.38. The lowest BCUT2D eigenvalue weighted by atomic mass is 9.88. The van der Waals surface area contributed by atoms with Crippen molar-refractivity contribution in [2.45, 2.75) is 31.2 Å². The number of nitrogens with one attached hydrogen (secondary N) is 2. The molecule has 2 aromatic carbocycles. The van der Waals surface area contributed by atoms with Gasteiger partial charge in [0.25, 0.3) is 0 Å². The minimum Gasteiger partial charge on any atom is -0.378 e. The highest BCUT2D eigenvalue weighted by atomic mass is 19.1. The second-order valence-electron chi connectivity index (χ2n) is 6.82. The van der Waals surface area contributed by atoms with Crippen LogP contribution in [0.5, 0.6) is 0 Å². The molecule has 0 spiro atoms. The lowest BCUT2D eigenvalue weighted by Crippen LogP contribution is -2.45. The molecule has 2 amide bonds. The van der Waals surface area contributed by atoms with Crippen LogP contribution in [0.25, 0.3) is 0 Å². The number of hydrogen-bond donors (Lipinski definition) is 2. The quantitative estimate of drug-likeness (QED) is 0.861. The van der Waals surface area contributed by atoms with Gasteiger partial charge >= 0.3 is 6.03 Å². The van der Waals surface area contributed by atoms with Crippen molar-refractivity contribution in [1.29, 1.82) is 0 Å². The van der Waals surface area contributed by atoms with E-state index in [2.05, 4.69) is 10.6 Å². The van der Waals surface area contributed by atoms with Crippen LogP contribution in [0.2, 0.25) is 0 Å². The number of carbonyl (C=O) groups excluding carboxylic acids is 1. The molecular formula is C20H24FN3O. The molecule has 2 aromatic rings. The van der Waals surface area contributed by atoms with Gasteiger partial charge in [0.05, 0.1) is 5.54 Å². The van der Waals surface area contributed by atoms with Crippen molar-refractivity contribution in [3.05, 3.63) is 59.9 Å². The Morgan fingerprint density at radius 2 is 1.60 bits per heavy atom. The van der Waals surface area contributed by atoms with Gasteiger partial charge < -0.3 is 15.5 Å². The number of hydrogen-bond acceptors (Lipinski definition) is 2. The highest BCUT2D eigenvalue weighted by Gasteiger charge is 2.37. The normalized spacial score (nSPS) is 15.6. The summed E-state index contributed by atoms with van der Waals surface area (Å²) in [7, 11) is 3.95. The van der Waals surface area contributed by atoms with Crippen LogP contribution in [0, 0.1) is 5.82 Å². The molecule has 25 heavy (non-hydrogen) atoms. The molecule has 0 unspecified atom stereocenters. The molecule has 0 atom stereocenters. The fourth-order valence-electron chi connectivity index (χ4n) is 3.46. The molecule has 1 fully saturated rings. The summed E-state index contributed by atoms with van der Waals surface area (Å²) in [5, 5.41) is 6.03. The minimum absolute atomic E-state index is 0.233. The van der Waals surface area contributed by atoms with Gasteiger partial charge in [-0.1, -0.05) is 25.0 Å². The Bertz CT molecular complexity index is 720. The molecule has 0 radical (unpaired) electrons. The smallest absolute Gasteiger partial charge is 0.319 e. The second-order valence-corrected chi connectivity index (χ2v) is 6.82. The van der Waals surface area contributed by atoms with E-state index in [1.807, 2.05) is 43.3 Å². The third kappa shape index (κ3) is 3.92. The van der Waals surface area contributed by atoms with Crippen molar-refractivity contribution >= 4 is 17.4 Å².